The van der Waals surface area contributed by atoms with Crippen LogP contribution in [0.2, 0.25) is 5.02 Å². The molecular formula is C21H22ClN5O. The van der Waals surface area contributed by atoms with Crippen LogP contribution in [0.25, 0.3) is 16.5 Å². The minimum Gasteiger partial charge on any atom is -0.373 e. The van der Waals surface area contributed by atoms with Gasteiger partial charge in [0.1, 0.15) is 5.82 Å². The summed E-state index contributed by atoms with van der Waals surface area (Å²) >= 11 is 6.41. The number of rotatable bonds is 7. The molecule has 0 saturated carbocycles. The first-order valence-corrected chi connectivity index (χ1v) is 9.33. The Morgan fingerprint density at radius 2 is 2.07 bits per heavy atom. The van der Waals surface area contributed by atoms with Crippen molar-refractivity contribution in [3.63, 3.8) is 0 Å². The van der Waals surface area contributed by atoms with Crippen LogP contribution < -0.4 is 16.4 Å². The zero-order valence-corrected chi connectivity index (χ0v) is 16.4. The molecule has 2 aromatic heterocycles. The number of hydrogen-bond acceptors (Lipinski definition) is 5. The van der Waals surface area contributed by atoms with E-state index in [1.807, 2.05) is 24.3 Å². The average molecular weight is 396 g/mol. The molecule has 2 heterocycles. The van der Waals surface area contributed by atoms with Gasteiger partial charge in [-0.05, 0) is 48.4 Å². The Labute approximate surface area is 168 Å². The van der Waals surface area contributed by atoms with E-state index in [1.54, 1.807) is 19.3 Å². The highest BCUT2D eigenvalue weighted by Crippen LogP contribution is 2.32. The molecule has 1 aromatic carbocycles. The number of hydrogen-bond donors (Lipinski definition) is 3. The van der Waals surface area contributed by atoms with E-state index >= 15 is 0 Å². The predicted molar refractivity (Wildman–Crippen MR) is 115 cm³/mol. The minimum atomic E-state index is -0.196. The molecule has 7 heteroatoms. The zero-order valence-electron chi connectivity index (χ0n) is 15.6. The summed E-state index contributed by atoms with van der Waals surface area (Å²) in [6.45, 7) is 5.27. The highest BCUT2D eigenvalue weighted by molar-refractivity contribution is 6.35. The van der Waals surface area contributed by atoms with Gasteiger partial charge >= 0.3 is 0 Å². The number of pyridine rings is 2. The third-order valence-electron chi connectivity index (χ3n) is 4.39. The number of halogens is 1. The molecule has 1 amide bonds. The number of benzene rings is 1. The van der Waals surface area contributed by atoms with Crippen LogP contribution in [0.5, 0.6) is 0 Å². The van der Waals surface area contributed by atoms with Crippen LogP contribution >= 0.6 is 11.6 Å². The summed E-state index contributed by atoms with van der Waals surface area (Å²) in [7, 11) is 1.78. The van der Waals surface area contributed by atoms with Gasteiger partial charge in [-0.2, -0.15) is 0 Å². The monoisotopic (exact) mass is 395 g/mol. The van der Waals surface area contributed by atoms with Crippen LogP contribution in [0.1, 0.15) is 27.9 Å². The lowest BCUT2D eigenvalue weighted by Crippen LogP contribution is -2.26. The number of nitrogens with zero attached hydrogens (tertiary/aromatic N) is 2. The van der Waals surface area contributed by atoms with Gasteiger partial charge in [0, 0.05) is 36.9 Å². The highest BCUT2D eigenvalue weighted by Gasteiger charge is 2.15. The normalized spacial score (nSPS) is 10.7. The second-order valence-electron chi connectivity index (χ2n) is 6.28. The quantitative estimate of drug-likeness (QED) is 0.533. The first-order chi connectivity index (χ1) is 13.5. The van der Waals surface area contributed by atoms with Crippen LogP contribution in [-0.2, 0) is 0 Å². The number of carbonyl (C=O) groups is 1. The van der Waals surface area contributed by atoms with Crippen LogP contribution in [0.3, 0.4) is 0 Å². The lowest BCUT2D eigenvalue weighted by atomic mass is 9.97. The van der Waals surface area contributed by atoms with Crippen molar-refractivity contribution in [1.29, 1.82) is 0 Å². The van der Waals surface area contributed by atoms with Crippen molar-refractivity contribution >= 4 is 39.8 Å². The molecule has 4 N–H and O–H groups in total. The van der Waals surface area contributed by atoms with Crippen LogP contribution in [0, 0.1) is 0 Å². The summed E-state index contributed by atoms with van der Waals surface area (Å²) in [6.07, 6.45) is 3.97. The van der Waals surface area contributed by atoms with E-state index in [0.29, 0.717) is 35.1 Å². The summed E-state index contributed by atoms with van der Waals surface area (Å²) in [5.41, 5.74) is 8.94. The van der Waals surface area contributed by atoms with E-state index in [-0.39, 0.29) is 5.91 Å². The summed E-state index contributed by atoms with van der Waals surface area (Å²) in [4.78, 5) is 21.1. The van der Waals surface area contributed by atoms with Gasteiger partial charge in [0.25, 0.3) is 5.91 Å². The second-order valence-corrected chi connectivity index (χ2v) is 6.69. The smallest absolute Gasteiger partial charge is 0.252 e. The summed E-state index contributed by atoms with van der Waals surface area (Å²) < 4.78 is 0. The molecule has 144 valence electrons. The van der Waals surface area contributed by atoms with Crippen molar-refractivity contribution < 1.29 is 4.79 Å². The van der Waals surface area contributed by atoms with Crippen molar-refractivity contribution in [2.45, 2.75) is 6.42 Å². The van der Waals surface area contributed by atoms with Crippen LogP contribution in [-0.4, -0.2) is 36.0 Å². The topological polar surface area (TPSA) is 92.9 Å². The van der Waals surface area contributed by atoms with Gasteiger partial charge in [-0.3, -0.25) is 9.78 Å². The molecule has 0 unspecified atom stereocenters. The molecule has 0 fully saturated rings. The predicted octanol–water partition coefficient (Wildman–Crippen LogP) is 3.47. The molecule has 0 bridgehead atoms. The molecule has 3 rings (SSSR count). The lowest BCUT2D eigenvalue weighted by Gasteiger charge is -2.14. The largest absolute Gasteiger partial charge is 0.373 e. The second kappa shape index (κ2) is 8.82. The fraction of sp³-hybridized carbons (Fsp3) is 0.190. The highest BCUT2D eigenvalue weighted by atomic mass is 35.5. The Kier molecular flexibility index (Phi) is 6.23. The van der Waals surface area contributed by atoms with E-state index in [2.05, 4.69) is 27.2 Å². The molecule has 6 nitrogen and oxygen atoms in total. The molecule has 0 atom stereocenters. The maximum Gasteiger partial charge on any atom is 0.252 e. The molecule has 0 aliphatic rings. The zero-order chi connectivity index (χ0) is 20.1. The van der Waals surface area contributed by atoms with Crippen LogP contribution in [0.15, 0.2) is 49.3 Å². The molecule has 0 aliphatic heterocycles. The van der Waals surface area contributed by atoms with E-state index in [9.17, 15) is 4.79 Å². The molecule has 0 aliphatic carbocycles. The molecule has 0 radical (unpaired) electrons. The van der Waals surface area contributed by atoms with Crippen molar-refractivity contribution in [3.05, 3.63) is 71.0 Å². The number of carbonyl (C=O) groups excluding carboxylic acids is 1. The summed E-state index contributed by atoms with van der Waals surface area (Å²) in [5.74, 6) is 0.435. The number of nitrogens with two attached hydrogens (primary N) is 1. The maximum atomic E-state index is 12.4. The number of anilines is 1. The Morgan fingerprint density at radius 3 is 2.82 bits per heavy atom. The number of aromatic nitrogens is 2. The first kappa shape index (κ1) is 19.8. The van der Waals surface area contributed by atoms with Gasteiger partial charge in [-0.1, -0.05) is 24.2 Å². The third kappa shape index (κ3) is 4.13. The SMILES string of the molecule is C=C(c1cc(Cl)c2ncccc2c1)c1cc(C(=O)NCCCN)cnc1NC. The van der Waals surface area contributed by atoms with Crippen molar-refractivity contribution in [2.75, 3.05) is 25.5 Å². The van der Waals surface area contributed by atoms with Gasteiger partial charge in [0.15, 0.2) is 0 Å². The fourth-order valence-electron chi connectivity index (χ4n) is 2.90. The molecule has 3 aromatic rings. The Morgan fingerprint density at radius 1 is 1.25 bits per heavy atom. The Hall–Kier alpha value is -2.96. The fourth-order valence-corrected chi connectivity index (χ4v) is 3.18. The van der Waals surface area contributed by atoms with Crippen molar-refractivity contribution in [2.24, 2.45) is 5.73 Å². The van der Waals surface area contributed by atoms with Gasteiger partial charge in [-0.25, -0.2) is 4.98 Å². The van der Waals surface area contributed by atoms with Gasteiger partial charge in [0.05, 0.1) is 16.1 Å². The third-order valence-corrected chi connectivity index (χ3v) is 4.67. The van der Waals surface area contributed by atoms with Gasteiger partial charge in [-0.15, -0.1) is 0 Å². The van der Waals surface area contributed by atoms with Crippen molar-refractivity contribution in [3.8, 4) is 0 Å². The number of amides is 1. The van der Waals surface area contributed by atoms with E-state index in [0.717, 1.165) is 28.5 Å². The van der Waals surface area contributed by atoms with Crippen LogP contribution in [0.4, 0.5) is 5.82 Å². The van der Waals surface area contributed by atoms with Gasteiger partial charge < -0.3 is 16.4 Å². The molecule has 28 heavy (non-hydrogen) atoms. The lowest BCUT2D eigenvalue weighted by molar-refractivity contribution is 0.0953. The average Bonchev–Trinajstić information content (AvgIpc) is 2.72. The van der Waals surface area contributed by atoms with E-state index in [4.69, 9.17) is 17.3 Å². The number of nitrogens with one attached hydrogen (secondary N) is 2. The Bertz CT molecular complexity index is 1030. The van der Waals surface area contributed by atoms with Gasteiger partial charge in [0.2, 0.25) is 0 Å². The summed E-state index contributed by atoms with van der Waals surface area (Å²) in [5, 5.41) is 7.35. The Balaban J connectivity index is 1.98. The first-order valence-electron chi connectivity index (χ1n) is 8.95. The minimum absolute atomic E-state index is 0.196. The number of fused-ring (bicyclic) bond motifs is 1. The van der Waals surface area contributed by atoms with E-state index < -0.39 is 0 Å². The maximum absolute atomic E-state index is 12.4. The molecule has 0 saturated heterocycles. The summed E-state index contributed by atoms with van der Waals surface area (Å²) in [6, 6.07) is 9.39. The standard InChI is InChI=1S/C21H22ClN5O/c1-13(15-9-14-5-3-7-25-19(14)18(22)11-15)17-10-16(12-27-20(17)24-2)21(28)26-8-4-6-23/h3,5,7,9-12H,1,4,6,8,23H2,2H3,(H,24,27)(H,26,28). The van der Waals surface area contributed by atoms with E-state index in [1.165, 1.54) is 6.20 Å². The molecule has 0 spiro atoms. The van der Waals surface area contributed by atoms with Crippen molar-refractivity contribution in [1.82, 2.24) is 15.3 Å². The molecular weight excluding hydrogens is 374 g/mol.